The maximum Gasteiger partial charge on any atom is 0.309 e. The summed E-state index contributed by atoms with van der Waals surface area (Å²) in [5, 5.41) is 9.47. The predicted molar refractivity (Wildman–Crippen MR) is 79.5 cm³/mol. The molecule has 0 unspecified atom stereocenters. The quantitative estimate of drug-likeness (QED) is 0.865. The number of likely N-dealkylation sites (tertiary alicyclic amines) is 1. The zero-order valence-corrected chi connectivity index (χ0v) is 12.8. The normalized spacial score (nSPS) is 24.1. The molecule has 22 heavy (non-hydrogen) atoms. The van der Waals surface area contributed by atoms with E-state index in [1.165, 1.54) is 0 Å². The molecule has 1 aromatic heterocycles. The first-order valence-electron chi connectivity index (χ1n) is 7.48. The fourth-order valence-electron chi connectivity index (χ4n) is 3.73. The number of hydrogen-bond donors (Lipinski definition) is 1. The van der Waals surface area contributed by atoms with Crippen LogP contribution in [-0.2, 0) is 9.59 Å². The molecule has 0 saturated carbocycles. The topological polar surface area (TPSA) is 86.6 Å². The van der Waals surface area contributed by atoms with Crippen molar-refractivity contribution in [2.75, 3.05) is 25.0 Å². The molecule has 2 aliphatic heterocycles. The van der Waals surface area contributed by atoms with E-state index in [-0.39, 0.29) is 12.3 Å². The van der Waals surface area contributed by atoms with Gasteiger partial charge in [0.05, 0.1) is 11.5 Å². The van der Waals surface area contributed by atoms with E-state index < -0.39 is 17.4 Å². The Balaban J connectivity index is 1.80. The Labute approximate surface area is 129 Å². The van der Waals surface area contributed by atoms with Gasteiger partial charge in [0, 0.05) is 32.8 Å². The van der Waals surface area contributed by atoms with Gasteiger partial charge in [0.1, 0.15) is 11.6 Å². The summed E-state index contributed by atoms with van der Waals surface area (Å²) in [5.41, 5.74) is -0.554. The van der Waals surface area contributed by atoms with E-state index in [1.54, 1.807) is 18.1 Å². The maximum atomic E-state index is 12.0. The summed E-state index contributed by atoms with van der Waals surface area (Å²) in [5.74, 6) is 0.0256. The zero-order valence-electron chi connectivity index (χ0n) is 12.8. The third kappa shape index (κ3) is 2.20. The number of anilines is 1. The largest absolute Gasteiger partial charge is 0.481 e. The lowest BCUT2D eigenvalue weighted by Gasteiger charge is -2.45. The average molecular weight is 304 g/mol. The molecule has 0 bridgehead atoms. The van der Waals surface area contributed by atoms with Crippen LogP contribution in [0, 0.1) is 12.8 Å². The number of rotatable bonds is 2. The molecule has 1 atom stereocenters. The average Bonchev–Trinajstić information content (AvgIpc) is 2.74. The number of amides is 1. The van der Waals surface area contributed by atoms with Gasteiger partial charge in [-0.25, -0.2) is 9.97 Å². The molecule has 1 aromatic rings. The van der Waals surface area contributed by atoms with Gasteiger partial charge in [0.25, 0.3) is 0 Å². The minimum Gasteiger partial charge on any atom is -0.481 e. The highest BCUT2D eigenvalue weighted by Crippen LogP contribution is 2.43. The molecule has 3 rings (SSSR count). The van der Waals surface area contributed by atoms with Gasteiger partial charge in [-0.1, -0.05) is 0 Å². The summed E-state index contributed by atoms with van der Waals surface area (Å²) in [4.78, 5) is 35.8. The lowest BCUT2D eigenvalue weighted by Crippen LogP contribution is -2.56. The SMILES string of the molecule is Cc1nccc(N2CCC3(CC2)[C@@H](C(=O)O)CC(=O)N3C)n1. The molecule has 7 nitrogen and oxygen atoms in total. The van der Waals surface area contributed by atoms with Crippen molar-refractivity contribution in [2.45, 2.75) is 31.7 Å². The highest BCUT2D eigenvalue weighted by Gasteiger charge is 2.55. The summed E-state index contributed by atoms with van der Waals surface area (Å²) in [6.45, 7) is 3.23. The molecule has 1 amide bonds. The van der Waals surface area contributed by atoms with Crippen molar-refractivity contribution in [1.82, 2.24) is 14.9 Å². The highest BCUT2D eigenvalue weighted by molar-refractivity contribution is 5.88. The van der Waals surface area contributed by atoms with E-state index >= 15 is 0 Å². The van der Waals surface area contributed by atoms with Crippen molar-refractivity contribution in [3.63, 3.8) is 0 Å². The van der Waals surface area contributed by atoms with E-state index in [4.69, 9.17) is 0 Å². The van der Waals surface area contributed by atoms with Crippen LogP contribution in [0.5, 0.6) is 0 Å². The molecule has 3 heterocycles. The smallest absolute Gasteiger partial charge is 0.309 e. The second kappa shape index (κ2) is 5.23. The number of aliphatic carboxylic acids is 1. The number of nitrogens with zero attached hydrogens (tertiary/aromatic N) is 4. The van der Waals surface area contributed by atoms with Crippen LogP contribution in [0.4, 0.5) is 5.82 Å². The molecule has 118 valence electrons. The van der Waals surface area contributed by atoms with Crippen LogP contribution >= 0.6 is 0 Å². The van der Waals surface area contributed by atoms with Crippen LogP contribution in [-0.4, -0.2) is 57.5 Å². The van der Waals surface area contributed by atoms with Gasteiger partial charge < -0.3 is 14.9 Å². The molecular formula is C15H20N4O3. The Bertz CT molecular complexity index is 611. The van der Waals surface area contributed by atoms with Crippen molar-refractivity contribution in [1.29, 1.82) is 0 Å². The molecule has 1 spiro atoms. The van der Waals surface area contributed by atoms with Gasteiger partial charge >= 0.3 is 5.97 Å². The van der Waals surface area contributed by atoms with Crippen LogP contribution in [0.25, 0.3) is 0 Å². The first-order valence-corrected chi connectivity index (χ1v) is 7.48. The van der Waals surface area contributed by atoms with Gasteiger partial charge in [-0.2, -0.15) is 0 Å². The first-order chi connectivity index (χ1) is 10.4. The predicted octanol–water partition coefficient (Wildman–Crippen LogP) is 0.687. The Morgan fingerprint density at radius 1 is 1.41 bits per heavy atom. The number of carboxylic acids is 1. The van der Waals surface area contributed by atoms with Crippen LogP contribution in [0.2, 0.25) is 0 Å². The van der Waals surface area contributed by atoms with Crippen molar-refractivity contribution in [3.05, 3.63) is 18.1 Å². The standard InChI is InChI=1S/C15H20N4O3/c1-10-16-6-3-12(17-10)19-7-4-15(5-8-19)11(14(21)22)9-13(20)18(15)2/h3,6,11H,4-5,7-9H2,1-2H3,(H,21,22)/t11-/m1/s1. The number of piperidine rings is 1. The minimum atomic E-state index is -0.871. The monoisotopic (exact) mass is 304 g/mol. The summed E-state index contributed by atoms with van der Waals surface area (Å²) in [6.07, 6.45) is 3.14. The summed E-state index contributed by atoms with van der Waals surface area (Å²) >= 11 is 0. The Morgan fingerprint density at radius 2 is 2.09 bits per heavy atom. The molecule has 2 saturated heterocycles. The fraction of sp³-hybridized carbons (Fsp3) is 0.600. The van der Waals surface area contributed by atoms with Gasteiger partial charge in [-0.05, 0) is 25.8 Å². The van der Waals surface area contributed by atoms with E-state index in [2.05, 4.69) is 14.9 Å². The summed E-state index contributed by atoms with van der Waals surface area (Å²) in [7, 11) is 1.73. The number of hydrogen-bond acceptors (Lipinski definition) is 5. The minimum absolute atomic E-state index is 0.0706. The molecule has 1 N–H and O–H groups in total. The van der Waals surface area contributed by atoms with Crippen LogP contribution in [0.1, 0.15) is 25.1 Å². The van der Waals surface area contributed by atoms with Gasteiger partial charge in [0.15, 0.2) is 0 Å². The molecule has 7 heteroatoms. The fourth-order valence-corrected chi connectivity index (χ4v) is 3.73. The van der Waals surface area contributed by atoms with Gasteiger partial charge in [0.2, 0.25) is 5.91 Å². The zero-order chi connectivity index (χ0) is 15.9. The van der Waals surface area contributed by atoms with Crippen molar-refractivity contribution in [3.8, 4) is 0 Å². The number of aryl methyl sites for hydroxylation is 1. The molecule has 2 fully saturated rings. The summed E-state index contributed by atoms with van der Waals surface area (Å²) < 4.78 is 0. The summed E-state index contributed by atoms with van der Waals surface area (Å²) in [6, 6.07) is 1.86. The lowest BCUT2D eigenvalue weighted by molar-refractivity contribution is -0.145. The maximum absolute atomic E-state index is 12.0. The van der Waals surface area contributed by atoms with Crippen LogP contribution in [0.15, 0.2) is 12.3 Å². The van der Waals surface area contributed by atoms with E-state index in [0.717, 1.165) is 11.6 Å². The molecular weight excluding hydrogens is 284 g/mol. The number of carbonyl (C=O) groups excluding carboxylic acids is 1. The Kier molecular flexibility index (Phi) is 3.50. The Hall–Kier alpha value is -2.18. The van der Waals surface area contributed by atoms with Gasteiger partial charge in [-0.3, -0.25) is 9.59 Å². The lowest BCUT2D eigenvalue weighted by atomic mass is 9.77. The van der Waals surface area contributed by atoms with Crippen LogP contribution in [0.3, 0.4) is 0 Å². The van der Waals surface area contributed by atoms with E-state index in [9.17, 15) is 14.7 Å². The molecule has 2 aliphatic rings. The van der Waals surface area contributed by atoms with Crippen molar-refractivity contribution in [2.24, 2.45) is 5.92 Å². The van der Waals surface area contributed by atoms with E-state index in [0.29, 0.717) is 25.9 Å². The Morgan fingerprint density at radius 3 is 2.68 bits per heavy atom. The second-order valence-corrected chi connectivity index (χ2v) is 6.10. The van der Waals surface area contributed by atoms with Crippen LogP contribution < -0.4 is 4.90 Å². The van der Waals surface area contributed by atoms with Gasteiger partial charge in [-0.15, -0.1) is 0 Å². The molecule has 0 aliphatic carbocycles. The third-order valence-corrected chi connectivity index (χ3v) is 5.08. The number of aromatic nitrogens is 2. The molecule has 0 aromatic carbocycles. The first kappa shape index (κ1) is 14.7. The molecule has 0 radical (unpaired) electrons. The number of carboxylic acid groups (broad SMARTS) is 1. The van der Waals surface area contributed by atoms with Crippen molar-refractivity contribution < 1.29 is 14.7 Å². The third-order valence-electron chi connectivity index (χ3n) is 5.08. The number of carbonyl (C=O) groups is 2. The van der Waals surface area contributed by atoms with Crippen molar-refractivity contribution >= 4 is 17.7 Å². The second-order valence-electron chi connectivity index (χ2n) is 6.10. The van der Waals surface area contributed by atoms with E-state index in [1.807, 2.05) is 13.0 Å². The highest BCUT2D eigenvalue weighted by atomic mass is 16.4.